The van der Waals surface area contributed by atoms with Gasteiger partial charge in [0.15, 0.2) is 12.6 Å². The molecular weight excluding hydrogens is 1070 g/mol. The average Bonchev–Trinajstić information content (AvgIpc) is 4.36. The van der Waals surface area contributed by atoms with Crippen molar-refractivity contribution >= 4 is 93.4 Å². The Labute approximate surface area is 492 Å². The topological polar surface area (TPSA) is 34.1 Å². The minimum absolute atomic E-state index is 0.748. The van der Waals surface area contributed by atoms with Gasteiger partial charge in [0.2, 0.25) is 0 Å². The molecular formula is C70H78O2S6. The van der Waals surface area contributed by atoms with Crippen LogP contribution in [0.5, 0.6) is 0 Å². The molecule has 0 saturated carbocycles. The number of fused-ring (bicyclic) bond motifs is 6. The summed E-state index contributed by atoms with van der Waals surface area (Å²) in [6.45, 7) is 9.10. The Kier molecular flexibility index (Phi) is 22.4. The Balaban J connectivity index is 1.13. The van der Waals surface area contributed by atoms with Gasteiger partial charge < -0.3 is 0 Å². The summed E-state index contributed by atoms with van der Waals surface area (Å²) >= 11 is 10.8. The molecule has 0 amide bonds. The molecule has 0 N–H and O–H groups in total. The second-order valence-corrected chi connectivity index (χ2v) is 28.1. The molecule has 5 aromatic carbocycles. The summed E-state index contributed by atoms with van der Waals surface area (Å²) in [7, 11) is 0. The lowest BCUT2D eigenvalue weighted by Crippen LogP contribution is -1.92. The minimum Gasteiger partial charge on any atom is -0.297 e. The molecule has 0 spiro atoms. The van der Waals surface area contributed by atoms with Crippen LogP contribution in [0.1, 0.15) is 205 Å². The van der Waals surface area contributed by atoms with Gasteiger partial charge in [0.1, 0.15) is 0 Å². The maximum Gasteiger partial charge on any atom is 0.160 e. The van der Waals surface area contributed by atoms with Gasteiger partial charge in [0.05, 0.1) is 18.2 Å². The molecule has 7 aromatic rings. The van der Waals surface area contributed by atoms with E-state index in [-0.39, 0.29) is 0 Å². The largest absolute Gasteiger partial charge is 0.297 e. The molecule has 2 nitrogen and oxygen atoms in total. The van der Waals surface area contributed by atoms with Crippen LogP contribution in [0, 0.1) is 0 Å². The van der Waals surface area contributed by atoms with Gasteiger partial charge in [0, 0.05) is 64.5 Å². The average molecular weight is 1140 g/mol. The van der Waals surface area contributed by atoms with E-state index >= 15 is 0 Å². The van der Waals surface area contributed by atoms with E-state index in [1.807, 2.05) is 47.0 Å². The van der Waals surface area contributed by atoms with Crippen LogP contribution in [0.3, 0.4) is 0 Å². The first-order valence-electron chi connectivity index (χ1n) is 29.2. The highest BCUT2D eigenvalue weighted by atomic mass is 32.2. The normalized spacial score (nSPS) is 13.6. The zero-order valence-electron chi connectivity index (χ0n) is 46.5. The van der Waals surface area contributed by atoms with Gasteiger partial charge in [-0.3, -0.25) is 9.59 Å². The number of thioether (sulfide) groups is 4. The lowest BCUT2D eigenvalue weighted by molar-refractivity contribution is 0.111. The second kappa shape index (κ2) is 30.0. The Bertz CT molecular complexity index is 2920. The highest BCUT2D eigenvalue weighted by Crippen LogP contribution is 2.60. The van der Waals surface area contributed by atoms with Gasteiger partial charge in [-0.15, -0.1) is 46.2 Å². The van der Waals surface area contributed by atoms with Crippen molar-refractivity contribution in [3.63, 3.8) is 0 Å². The van der Waals surface area contributed by atoms with E-state index in [2.05, 4.69) is 149 Å². The fraction of sp³-hybridized carbons (Fsp3) is 0.371. The highest BCUT2D eigenvalue weighted by molar-refractivity contribution is 8.22. The molecule has 78 heavy (non-hydrogen) atoms. The van der Waals surface area contributed by atoms with Crippen molar-refractivity contribution in [2.45, 2.75) is 177 Å². The van der Waals surface area contributed by atoms with Crippen LogP contribution in [0.2, 0.25) is 0 Å². The van der Waals surface area contributed by atoms with Gasteiger partial charge in [-0.2, -0.15) is 0 Å². The first-order valence-corrected chi connectivity index (χ1v) is 34.4. The monoisotopic (exact) mass is 1140 g/mol. The van der Waals surface area contributed by atoms with E-state index in [1.165, 1.54) is 188 Å². The summed E-state index contributed by atoms with van der Waals surface area (Å²) in [6, 6.07) is 46.4. The molecule has 2 aromatic heterocycles. The second-order valence-electron chi connectivity index (χ2n) is 21.2. The smallest absolute Gasteiger partial charge is 0.160 e. The van der Waals surface area contributed by atoms with Crippen LogP contribution < -0.4 is 0 Å². The summed E-state index contributed by atoms with van der Waals surface area (Å²) in [5.74, 6) is 1.67. The van der Waals surface area contributed by atoms with Gasteiger partial charge in [-0.25, -0.2) is 0 Å². The molecule has 0 unspecified atom stereocenters. The third-order valence-corrected chi connectivity index (χ3v) is 22.3. The SMILES string of the molecule is CCCCCCc1ccc(CS/C(Sc2ccc(CCCCCC)cc2)=C2\c3cc4c(cc3-c3sc(C=O)cc32)/C(=C(/SCc2ccc(CCCCCC)cc2)Sc2ccc(CCCCCC)cc2)c2cc(C=O)sc2-4)cc1. The molecule has 0 saturated heterocycles. The third kappa shape index (κ3) is 15.2. The van der Waals surface area contributed by atoms with E-state index < -0.39 is 0 Å². The number of benzene rings is 5. The van der Waals surface area contributed by atoms with E-state index in [0.29, 0.717) is 0 Å². The van der Waals surface area contributed by atoms with Gasteiger partial charge in [-0.1, -0.05) is 201 Å². The van der Waals surface area contributed by atoms with Gasteiger partial charge in [-0.05, 0) is 144 Å². The number of aldehydes is 2. The Morgan fingerprint density at radius 2 is 0.667 bits per heavy atom. The Morgan fingerprint density at radius 1 is 0.359 bits per heavy atom. The molecule has 2 heterocycles. The Morgan fingerprint density at radius 3 is 0.974 bits per heavy atom. The number of rotatable bonds is 32. The molecule has 0 radical (unpaired) electrons. The summed E-state index contributed by atoms with van der Waals surface area (Å²) in [5.41, 5.74) is 17.7. The van der Waals surface area contributed by atoms with Crippen LogP contribution in [0.25, 0.3) is 32.0 Å². The lowest BCUT2D eigenvalue weighted by Gasteiger charge is -2.16. The minimum atomic E-state index is 0.748. The fourth-order valence-corrected chi connectivity index (χ4v) is 17.5. The van der Waals surface area contributed by atoms with Gasteiger partial charge in [0.25, 0.3) is 0 Å². The van der Waals surface area contributed by atoms with Crippen molar-refractivity contribution in [3.05, 3.63) is 195 Å². The number of hydrogen-bond donors (Lipinski definition) is 0. The van der Waals surface area contributed by atoms with Crippen molar-refractivity contribution in [1.82, 2.24) is 0 Å². The number of carbonyl (C=O) groups excluding carboxylic acids is 2. The fourth-order valence-electron chi connectivity index (χ4n) is 10.7. The summed E-state index contributed by atoms with van der Waals surface area (Å²) < 4.78 is 2.48. The van der Waals surface area contributed by atoms with E-state index in [9.17, 15) is 9.59 Å². The quantitative estimate of drug-likeness (QED) is 0.0237. The molecule has 0 atom stereocenters. The number of aryl methyl sites for hydroxylation is 4. The molecule has 8 heteroatoms. The molecule has 2 aliphatic rings. The first-order chi connectivity index (χ1) is 38.4. The molecule has 406 valence electrons. The van der Waals surface area contributed by atoms with Crippen molar-refractivity contribution in [2.24, 2.45) is 0 Å². The van der Waals surface area contributed by atoms with Gasteiger partial charge >= 0.3 is 0 Å². The maximum absolute atomic E-state index is 12.8. The van der Waals surface area contributed by atoms with Crippen molar-refractivity contribution in [2.75, 3.05) is 0 Å². The molecule has 2 aliphatic carbocycles. The van der Waals surface area contributed by atoms with Crippen molar-refractivity contribution < 1.29 is 9.59 Å². The van der Waals surface area contributed by atoms with E-state index in [1.54, 1.807) is 22.7 Å². The zero-order valence-corrected chi connectivity index (χ0v) is 51.4. The number of thiophene rings is 2. The first kappa shape index (κ1) is 58.4. The van der Waals surface area contributed by atoms with Crippen LogP contribution in [0.4, 0.5) is 0 Å². The van der Waals surface area contributed by atoms with Crippen LogP contribution >= 0.6 is 69.7 Å². The van der Waals surface area contributed by atoms with Crippen LogP contribution in [0.15, 0.2) is 140 Å². The molecule has 0 bridgehead atoms. The van der Waals surface area contributed by atoms with Crippen molar-refractivity contribution in [1.29, 1.82) is 0 Å². The third-order valence-electron chi connectivity index (χ3n) is 15.2. The predicted molar refractivity (Wildman–Crippen MR) is 347 cm³/mol. The number of carbonyl (C=O) groups is 2. The lowest BCUT2D eigenvalue weighted by atomic mass is 9.98. The zero-order chi connectivity index (χ0) is 54.1. The summed E-state index contributed by atoms with van der Waals surface area (Å²) in [5, 5.41) is 0. The summed E-state index contributed by atoms with van der Waals surface area (Å²) in [6.07, 6.45) is 26.7. The Hall–Kier alpha value is -4.28. The van der Waals surface area contributed by atoms with Crippen molar-refractivity contribution in [3.8, 4) is 20.9 Å². The van der Waals surface area contributed by atoms with Crippen LogP contribution in [-0.4, -0.2) is 12.6 Å². The number of hydrogen-bond acceptors (Lipinski definition) is 8. The molecule has 9 rings (SSSR count). The standard InChI is InChI=1S/C70H78O2S6/c1-5-9-13-17-21-49-25-29-53(30-26-49)47-73-69(77-55-37-33-51(34-38-55)23-19-15-11-7-3)65-59-43-62-60(44-61(59)67-63(65)41-57(45-71)75-67)66(64-42-58(46-72)76-68(62)64)70(78-56-39-35-52(36-40-56)24-20-16-12-8-4)74-48-54-31-27-50(28-32-54)22-18-14-10-6-2/h25-46H,5-24,47-48H2,1-4H3/b69-65-,70-66+. The summed E-state index contributed by atoms with van der Waals surface area (Å²) in [4.78, 5) is 31.8. The number of unbranched alkanes of at least 4 members (excludes halogenated alkanes) is 12. The molecule has 0 fully saturated rings. The maximum atomic E-state index is 12.8. The van der Waals surface area contributed by atoms with E-state index in [4.69, 9.17) is 0 Å². The molecule has 0 aliphatic heterocycles. The van der Waals surface area contributed by atoms with Crippen LogP contribution in [-0.2, 0) is 37.2 Å². The predicted octanol–water partition coefficient (Wildman–Crippen LogP) is 22.8. The van der Waals surface area contributed by atoms with E-state index in [0.717, 1.165) is 80.4 Å². The highest BCUT2D eigenvalue weighted by Gasteiger charge is 2.36.